The van der Waals surface area contributed by atoms with Gasteiger partial charge < -0.3 is 4.74 Å². The molecule has 10 heteroatoms. The first-order valence-electron chi connectivity index (χ1n) is 9.83. The van der Waals surface area contributed by atoms with Crippen LogP contribution >= 0.6 is 11.3 Å². The Kier molecular flexibility index (Phi) is 6.41. The summed E-state index contributed by atoms with van der Waals surface area (Å²) in [5.41, 5.74) is 1.49. The molecule has 1 amide bonds. The summed E-state index contributed by atoms with van der Waals surface area (Å²) in [5, 5.41) is 2.93. The summed E-state index contributed by atoms with van der Waals surface area (Å²) in [4.78, 5) is 17.0. The van der Waals surface area contributed by atoms with Gasteiger partial charge in [-0.2, -0.15) is 4.31 Å². The van der Waals surface area contributed by atoms with Crippen LogP contribution in [-0.2, 0) is 16.6 Å². The van der Waals surface area contributed by atoms with Crippen LogP contribution in [0.4, 0.5) is 9.52 Å². The van der Waals surface area contributed by atoms with Crippen LogP contribution < -0.4 is 10.1 Å². The highest BCUT2D eigenvalue weighted by atomic mass is 32.2. The minimum atomic E-state index is -3.96. The van der Waals surface area contributed by atoms with Crippen LogP contribution in [0.3, 0.4) is 0 Å². The molecule has 1 heterocycles. The summed E-state index contributed by atoms with van der Waals surface area (Å²) in [6.07, 6.45) is 0. The Balaban J connectivity index is 1.61. The van der Waals surface area contributed by atoms with Gasteiger partial charge in [0.2, 0.25) is 10.0 Å². The summed E-state index contributed by atoms with van der Waals surface area (Å²) in [6, 6.07) is 17.5. The molecule has 0 aliphatic rings. The van der Waals surface area contributed by atoms with Crippen LogP contribution in [-0.4, -0.2) is 37.8 Å². The normalized spacial score (nSPS) is 11.6. The number of ether oxygens (including phenoxy) is 1. The van der Waals surface area contributed by atoms with Crippen molar-refractivity contribution in [3.63, 3.8) is 0 Å². The van der Waals surface area contributed by atoms with Crippen molar-refractivity contribution in [1.82, 2.24) is 9.29 Å². The zero-order valence-electron chi connectivity index (χ0n) is 17.8. The second-order valence-electron chi connectivity index (χ2n) is 7.20. The maximum atomic E-state index is 13.4. The van der Waals surface area contributed by atoms with Gasteiger partial charge in [-0.3, -0.25) is 10.1 Å². The molecule has 0 fully saturated rings. The number of aromatic nitrogens is 1. The molecule has 0 atom stereocenters. The van der Waals surface area contributed by atoms with Crippen LogP contribution in [0.2, 0.25) is 0 Å². The molecule has 1 aromatic heterocycles. The average molecular weight is 486 g/mol. The number of methoxy groups -OCH3 is 1. The summed E-state index contributed by atoms with van der Waals surface area (Å²) in [6.45, 7) is 0.158. The Morgan fingerprint density at radius 1 is 1.12 bits per heavy atom. The smallest absolute Gasteiger partial charge is 0.257 e. The number of anilines is 1. The van der Waals surface area contributed by atoms with E-state index in [0.717, 1.165) is 16.9 Å². The third kappa shape index (κ3) is 4.87. The first-order valence-corrected chi connectivity index (χ1v) is 12.1. The average Bonchev–Trinajstić information content (AvgIpc) is 3.20. The third-order valence-corrected chi connectivity index (χ3v) is 7.69. The molecule has 4 rings (SSSR count). The van der Waals surface area contributed by atoms with E-state index < -0.39 is 21.7 Å². The van der Waals surface area contributed by atoms with Crippen molar-refractivity contribution in [1.29, 1.82) is 0 Å². The number of halogens is 1. The fraction of sp³-hybridized carbons (Fsp3) is 0.130. The van der Waals surface area contributed by atoms with Gasteiger partial charge in [0, 0.05) is 19.2 Å². The monoisotopic (exact) mass is 485 g/mol. The van der Waals surface area contributed by atoms with Gasteiger partial charge >= 0.3 is 0 Å². The van der Waals surface area contributed by atoms with Crippen LogP contribution in [0.25, 0.3) is 10.2 Å². The highest BCUT2D eigenvalue weighted by molar-refractivity contribution is 7.89. The summed E-state index contributed by atoms with van der Waals surface area (Å²) < 4.78 is 47.0. The van der Waals surface area contributed by atoms with Crippen molar-refractivity contribution in [2.24, 2.45) is 0 Å². The number of sulfonamides is 1. The van der Waals surface area contributed by atoms with Gasteiger partial charge in [0.05, 0.1) is 17.3 Å². The maximum Gasteiger partial charge on any atom is 0.257 e. The van der Waals surface area contributed by atoms with Crippen molar-refractivity contribution in [2.45, 2.75) is 11.4 Å². The fourth-order valence-corrected chi connectivity index (χ4v) is 5.46. The van der Waals surface area contributed by atoms with Gasteiger partial charge in [-0.1, -0.05) is 41.7 Å². The molecule has 0 radical (unpaired) electrons. The van der Waals surface area contributed by atoms with Gasteiger partial charge in [-0.05, 0) is 42.0 Å². The Hall–Kier alpha value is -3.34. The molecule has 170 valence electrons. The van der Waals surface area contributed by atoms with Gasteiger partial charge in [-0.15, -0.1) is 0 Å². The van der Waals surface area contributed by atoms with Crippen LogP contribution in [0.5, 0.6) is 5.75 Å². The number of hydrogen-bond acceptors (Lipinski definition) is 6. The molecule has 0 unspecified atom stereocenters. The van der Waals surface area contributed by atoms with Gasteiger partial charge in [0.1, 0.15) is 16.5 Å². The van der Waals surface area contributed by atoms with E-state index in [1.165, 1.54) is 54.9 Å². The SMILES string of the molecule is COc1ccc(C(=O)Nc2nc3ccc(F)cc3s2)cc1S(=O)(=O)N(C)Cc1ccccc1. The number of thiazole rings is 1. The molecule has 4 aromatic rings. The Labute approximate surface area is 194 Å². The quantitative estimate of drug-likeness (QED) is 0.416. The number of hydrogen-bond donors (Lipinski definition) is 1. The highest BCUT2D eigenvalue weighted by Gasteiger charge is 2.26. The van der Waals surface area contributed by atoms with E-state index in [1.807, 2.05) is 30.3 Å². The second kappa shape index (κ2) is 9.26. The Morgan fingerprint density at radius 3 is 2.61 bits per heavy atom. The molecular weight excluding hydrogens is 465 g/mol. The lowest BCUT2D eigenvalue weighted by atomic mass is 10.2. The van der Waals surface area contributed by atoms with Crippen molar-refractivity contribution in [2.75, 3.05) is 19.5 Å². The third-order valence-electron chi connectivity index (χ3n) is 4.93. The van der Waals surface area contributed by atoms with Gasteiger partial charge in [0.25, 0.3) is 5.91 Å². The van der Waals surface area contributed by atoms with Crippen molar-refractivity contribution in [3.05, 3.63) is 83.7 Å². The molecule has 0 saturated carbocycles. The molecule has 3 aromatic carbocycles. The largest absolute Gasteiger partial charge is 0.495 e. The second-order valence-corrected chi connectivity index (χ2v) is 10.2. The van der Waals surface area contributed by atoms with E-state index in [2.05, 4.69) is 10.3 Å². The molecule has 0 bridgehead atoms. The van der Waals surface area contributed by atoms with Crippen LogP contribution in [0.15, 0.2) is 71.6 Å². The van der Waals surface area contributed by atoms with Crippen LogP contribution in [0.1, 0.15) is 15.9 Å². The van der Waals surface area contributed by atoms with Gasteiger partial charge in [-0.25, -0.2) is 17.8 Å². The van der Waals surface area contributed by atoms with E-state index >= 15 is 0 Å². The van der Waals surface area contributed by atoms with E-state index in [9.17, 15) is 17.6 Å². The number of fused-ring (bicyclic) bond motifs is 1. The minimum absolute atomic E-state index is 0.118. The zero-order chi connectivity index (χ0) is 23.6. The number of carbonyl (C=O) groups excluding carboxylic acids is 1. The van der Waals surface area contributed by atoms with E-state index in [1.54, 1.807) is 0 Å². The molecule has 0 spiro atoms. The van der Waals surface area contributed by atoms with Crippen molar-refractivity contribution < 1.29 is 22.3 Å². The predicted octanol–water partition coefficient (Wildman–Crippen LogP) is 4.52. The maximum absolute atomic E-state index is 13.4. The number of benzene rings is 3. The Bertz CT molecular complexity index is 1420. The predicted molar refractivity (Wildman–Crippen MR) is 126 cm³/mol. The number of nitrogens with zero attached hydrogens (tertiary/aromatic N) is 2. The Morgan fingerprint density at radius 2 is 1.88 bits per heavy atom. The first-order chi connectivity index (χ1) is 15.8. The molecule has 7 nitrogen and oxygen atoms in total. The molecule has 1 N–H and O–H groups in total. The number of carbonyl (C=O) groups is 1. The van der Waals surface area contributed by atoms with Gasteiger partial charge in [0.15, 0.2) is 5.13 Å². The summed E-state index contributed by atoms with van der Waals surface area (Å²) in [5.74, 6) is -0.810. The topological polar surface area (TPSA) is 88.6 Å². The van der Waals surface area contributed by atoms with Crippen molar-refractivity contribution in [3.8, 4) is 5.75 Å². The molecular formula is C23H20FN3O4S2. The lowest BCUT2D eigenvalue weighted by Crippen LogP contribution is -2.27. The van der Waals surface area contributed by atoms with Crippen molar-refractivity contribution >= 4 is 42.6 Å². The number of rotatable bonds is 7. The van der Waals surface area contributed by atoms with E-state index in [0.29, 0.717) is 10.2 Å². The number of amides is 1. The van der Waals surface area contributed by atoms with E-state index in [-0.39, 0.29) is 27.9 Å². The zero-order valence-corrected chi connectivity index (χ0v) is 19.4. The molecule has 0 aliphatic carbocycles. The molecule has 33 heavy (non-hydrogen) atoms. The summed E-state index contributed by atoms with van der Waals surface area (Å²) >= 11 is 1.12. The highest BCUT2D eigenvalue weighted by Crippen LogP contribution is 2.30. The standard InChI is InChI=1S/C23H20FN3O4S2/c1-27(14-15-6-4-3-5-7-15)33(29,30)21-12-16(8-11-19(21)31-2)22(28)26-23-25-18-10-9-17(24)13-20(18)32-23/h3-13H,14H2,1-2H3,(H,25,26,28). The molecule has 0 aliphatic heterocycles. The lowest BCUT2D eigenvalue weighted by Gasteiger charge is -2.19. The summed E-state index contributed by atoms with van der Waals surface area (Å²) in [7, 11) is -1.13. The number of nitrogens with one attached hydrogen (secondary N) is 1. The van der Waals surface area contributed by atoms with Crippen LogP contribution in [0, 0.1) is 5.82 Å². The first kappa shape index (κ1) is 22.8. The fourth-order valence-electron chi connectivity index (χ4n) is 3.23. The van der Waals surface area contributed by atoms with E-state index in [4.69, 9.17) is 4.74 Å². The minimum Gasteiger partial charge on any atom is -0.495 e. The molecule has 0 saturated heterocycles. The lowest BCUT2D eigenvalue weighted by molar-refractivity contribution is 0.102.